The third-order valence-corrected chi connectivity index (χ3v) is 5.49. The van der Waals surface area contributed by atoms with E-state index in [0.717, 1.165) is 17.7 Å². The number of nitrogens with one attached hydrogen (secondary N) is 1. The van der Waals surface area contributed by atoms with Gasteiger partial charge in [0.2, 0.25) is 10.0 Å². The highest BCUT2D eigenvalue weighted by Gasteiger charge is 2.31. The third-order valence-electron chi connectivity index (χ3n) is 3.37. The van der Waals surface area contributed by atoms with Crippen LogP contribution in [0.2, 0.25) is 0 Å². The van der Waals surface area contributed by atoms with E-state index in [1.165, 1.54) is 23.5 Å². The number of hydrogen-bond acceptors (Lipinski definition) is 5. The lowest BCUT2D eigenvalue weighted by Crippen LogP contribution is -2.34. The largest absolute Gasteiger partial charge is 0.573 e. The van der Waals surface area contributed by atoms with Crippen molar-refractivity contribution in [1.29, 1.82) is 0 Å². The van der Waals surface area contributed by atoms with E-state index in [1.54, 1.807) is 0 Å². The molecular weight excluding hydrogens is 377 g/mol. The van der Waals surface area contributed by atoms with Crippen LogP contribution in [0.4, 0.5) is 13.2 Å². The maximum atomic E-state index is 12.4. The van der Waals surface area contributed by atoms with Gasteiger partial charge in [0.05, 0.1) is 4.90 Å². The summed E-state index contributed by atoms with van der Waals surface area (Å²) in [4.78, 5) is 1.56. The average Bonchev–Trinajstić information content (AvgIpc) is 2.99. The molecule has 0 saturated carbocycles. The van der Waals surface area contributed by atoms with Crippen molar-refractivity contribution < 1.29 is 26.3 Å². The second-order valence-electron chi connectivity index (χ2n) is 5.41. The molecule has 1 unspecified atom stereocenters. The Bertz CT molecular complexity index is 791. The number of rotatable bonds is 7. The first-order valence-electron chi connectivity index (χ1n) is 7.12. The van der Waals surface area contributed by atoms with Gasteiger partial charge in [-0.15, -0.1) is 13.2 Å². The molecule has 0 fully saturated rings. The van der Waals surface area contributed by atoms with Gasteiger partial charge in [0.1, 0.15) is 5.75 Å². The molecule has 0 radical (unpaired) electrons. The molecule has 0 aliphatic heterocycles. The maximum Gasteiger partial charge on any atom is 0.573 e. The highest BCUT2D eigenvalue weighted by Crippen LogP contribution is 2.25. The van der Waals surface area contributed by atoms with Gasteiger partial charge < -0.3 is 9.64 Å². The van der Waals surface area contributed by atoms with Crippen LogP contribution in [0.15, 0.2) is 46.0 Å². The zero-order chi connectivity index (χ0) is 18.7. The van der Waals surface area contributed by atoms with Crippen molar-refractivity contribution in [2.45, 2.75) is 17.3 Å². The van der Waals surface area contributed by atoms with E-state index in [1.807, 2.05) is 35.8 Å². The summed E-state index contributed by atoms with van der Waals surface area (Å²) in [6.07, 6.45) is -4.88. The lowest BCUT2D eigenvalue weighted by molar-refractivity contribution is -0.274. The van der Waals surface area contributed by atoms with Crippen LogP contribution in [-0.2, 0) is 10.0 Å². The predicted molar refractivity (Wildman–Crippen MR) is 89.1 cm³/mol. The number of nitrogens with zero attached hydrogens (tertiary/aromatic N) is 1. The number of hydrogen-bond donors (Lipinski definition) is 1. The van der Waals surface area contributed by atoms with Crippen LogP contribution in [0.25, 0.3) is 0 Å². The quantitative estimate of drug-likeness (QED) is 0.783. The number of ether oxygens (including phenoxy) is 1. The van der Waals surface area contributed by atoms with E-state index >= 15 is 0 Å². The minimum absolute atomic E-state index is 0.0798. The van der Waals surface area contributed by atoms with Crippen LogP contribution in [0.1, 0.15) is 11.6 Å². The van der Waals surface area contributed by atoms with Crippen molar-refractivity contribution in [3.63, 3.8) is 0 Å². The molecule has 0 aliphatic rings. The summed E-state index contributed by atoms with van der Waals surface area (Å²) in [5, 5.41) is 3.80. The molecule has 25 heavy (non-hydrogen) atoms. The van der Waals surface area contributed by atoms with Crippen molar-refractivity contribution in [1.82, 2.24) is 9.62 Å². The Morgan fingerprint density at radius 1 is 1.28 bits per heavy atom. The van der Waals surface area contributed by atoms with E-state index in [4.69, 9.17) is 0 Å². The van der Waals surface area contributed by atoms with E-state index in [-0.39, 0.29) is 17.5 Å². The van der Waals surface area contributed by atoms with Crippen LogP contribution >= 0.6 is 11.3 Å². The lowest BCUT2D eigenvalue weighted by Gasteiger charge is -2.24. The van der Waals surface area contributed by atoms with Gasteiger partial charge in [-0.3, -0.25) is 0 Å². The van der Waals surface area contributed by atoms with Gasteiger partial charge in [0.25, 0.3) is 0 Å². The molecule has 1 atom stereocenters. The van der Waals surface area contributed by atoms with Gasteiger partial charge in [-0.2, -0.15) is 11.3 Å². The van der Waals surface area contributed by atoms with E-state index in [2.05, 4.69) is 9.46 Å². The third kappa shape index (κ3) is 5.70. The first-order valence-corrected chi connectivity index (χ1v) is 9.55. The Morgan fingerprint density at radius 2 is 2.00 bits per heavy atom. The first-order chi connectivity index (χ1) is 11.6. The number of alkyl halides is 3. The van der Waals surface area contributed by atoms with Gasteiger partial charge in [0, 0.05) is 18.7 Å². The normalized spacial score (nSPS) is 13.8. The second kappa shape index (κ2) is 7.73. The highest BCUT2D eigenvalue weighted by atomic mass is 32.2. The number of sulfonamides is 1. The van der Waals surface area contributed by atoms with Gasteiger partial charge in [0.15, 0.2) is 0 Å². The number of benzene rings is 1. The zero-order valence-electron chi connectivity index (χ0n) is 13.4. The van der Waals surface area contributed by atoms with Gasteiger partial charge >= 0.3 is 6.36 Å². The van der Waals surface area contributed by atoms with Crippen LogP contribution < -0.4 is 9.46 Å². The van der Waals surface area contributed by atoms with Crippen molar-refractivity contribution in [2.75, 3.05) is 20.6 Å². The summed E-state index contributed by atoms with van der Waals surface area (Å²) in [5.41, 5.74) is 0.951. The minimum Gasteiger partial charge on any atom is -0.406 e. The van der Waals surface area contributed by atoms with Crippen molar-refractivity contribution in [3.8, 4) is 5.75 Å². The van der Waals surface area contributed by atoms with Crippen molar-refractivity contribution in [3.05, 3.63) is 46.7 Å². The molecule has 138 valence electrons. The van der Waals surface area contributed by atoms with Crippen molar-refractivity contribution in [2.24, 2.45) is 0 Å². The molecule has 5 nitrogen and oxygen atoms in total. The topological polar surface area (TPSA) is 58.6 Å². The molecule has 0 saturated heterocycles. The monoisotopic (exact) mass is 394 g/mol. The SMILES string of the molecule is CN(C)C(CNS(=O)(=O)c1cccc(OC(F)(F)F)c1)c1ccsc1. The molecule has 1 N–H and O–H groups in total. The molecule has 0 amide bonds. The number of thiophene rings is 1. The first kappa shape index (κ1) is 19.7. The molecular formula is C15H17F3N2O3S2. The fourth-order valence-electron chi connectivity index (χ4n) is 2.17. The Hall–Kier alpha value is -1.62. The highest BCUT2D eigenvalue weighted by molar-refractivity contribution is 7.89. The lowest BCUT2D eigenvalue weighted by atomic mass is 10.1. The van der Waals surface area contributed by atoms with Gasteiger partial charge in [-0.1, -0.05) is 6.07 Å². The van der Waals surface area contributed by atoms with Crippen molar-refractivity contribution >= 4 is 21.4 Å². The van der Waals surface area contributed by atoms with Crippen LogP contribution in [0.3, 0.4) is 0 Å². The fraction of sp³-hybridized carbons (Fsp3) is 0.333. The molecule has 0 bridgehead atoms. The summed E-state index contributed by atoms with van der Waals surface area (Å²) >= 11 is 1.50. The maximum absolute atomic E-state index is 12.4. The minimum atomic E-state index is -4.88. The molecule has 2 aromatic rings. The average molecular weight is 394 g/mol. The summed E-state index contributed by atoms with van der Waals surface area (Å²) in [6.45, 7) is 0.0798. The summed E-state index contributed by atoms with van der Waals surface area (Å²) in [7, 11) is -0.351. The van der Waals surface area contributed by atoms with Gasteiger partial charge in [-0.05, 0) is 48.6 Å². The molecule has 10 heteroatoms. The van der Waals surface area contributed by atoms with E-state index < -0.39 is 22.1 Å². The van der Waals surface area contributed by atoms with Crippen LogP contribution in [0, 0.1) is 0 Å². The van der Waals surface area contributed by atoms with Crippen LogP contribution in [0.5, 0.6) is 5.75 Å². The standard InChI is InChI=1S/C15H17F3N2O3S2/c1-20(2)14(11-6-7-24-10-11)9-19-25(21,22)13-5-3-4-12(8-13)23-15(16,17)18/h3-8,10,14,19H,9H2,1-2H3. The Kier molecular flexibility index (Phi) is 6.09. The Morgan fingerprint density at radius 3 is 2.56 bits per heavy atom. The second-order valence-corrected chi connectivity index (χ2v) is 7.96. The number of halogens is 3. The summed E-state index contributed by atoms with van der Waals surface area (Å²) in [6, 6.07) is 5.97. The smallest absolute Gasteiger partial charge is 0.406 e. The summed E-state index contributed by atoms with van der Waals surface area (Å²) < 4.78 is 67.8. The fourth-order valence-corrected chi connectivity index (χ4v) is 3.95. The molecule has 1 aromatic heterocycles. The summed E-state index contributed by atoms with van der Waals surface area (Å²) in [5.74, 6) is -0.586. The molecule has 0 aliphatic carbocycles. The Labute approximate surface area is 148 Å². The molecule has 1 heterocycles. The Balaban J connectivity index is 2.15. The van der Waals surface area contributed by atoms with Gasteiger partial charge in [-0.25, -0.2) is 13.1 Å². The van der Waals surface area contributed by atoms with E-state index in [0.29, 0.717) is 0 Å². The number of likely N-dealkylation sites (N-methyl/N-ethyl adjacent to an activating group) is 1. The molecule has 1 aromatic carbocycles. The van der Waals surface area contributed by atoms with E-state index in [9.17, 15) is 21.6 Å². The zero-order valence-corrected chi connectivity index (χ0v) is 15.1. The molecule has 0 spiro atoms. The predicted octanol–water partition coefficient (Wildman–Crippen LogP) is 3.23. The van der Waals surface area contributed by atoms with Crippen LogP contribution in [-0.4, -0.2) is 40.3 Å². The molecule has 2 rings (SSSR count).